The lowest BCUT2D eigenvalue weighted by Crippen LogP contribution is -2.14. The number of hydrogen-bond acceptors (Lipinski definition) is 3. The quantitative estimate of drug-likeness (QED) is 0.901. The van der Waals surface area contributed by atoms with Crippen molar-refractivity contribution in [2.24, 2.45) is 5.73 Å². The number of pyridine rings is 1. The number of nitrogens with two attached hydrogens (primary N) is 1. The molecular formula is C10H13BrN4. The second-order valence-corrected chi connectivity index (χ2v) is 4.28. The van der Waals surface area contributed by atoms with Crippen molar-refractivity contribution < 1.29 is 0 Å². The van der Waals surface area contributed by atoms with E-state index in [1.807, 2.05) is 37.2 Å². The van der Waals surface area contributed by atoms with Gasteiger partial charge in [0.05, 0.1) is 5.69 Å². The lowest BCUT2D eigenvalue weighted by Gasteiger charge is -2.15. The van der Waals surface area contributed by atoms with Gasteiger partial charge in [0.1, 0.15) is 16.1 Å². The summed E-state index contributed by atoms with van der Waals surface area (Å²) in [6.07, 6.45) is 0. The van der Waals surface area contributed by atoms with Gasteiger partial charge in [0, 0.05) is 20.6 Å². The van der Waals surface area contributed by atoms with Crippen LogP contribution in [0, 0.1) is 0 Å². The topological polar surface area (TPSA) is 46.6 Å². The minimum Gasteiger partial charge on any atom is -0.364 e. The van der Waals surface area contributed by atoms with Gasteiger partial charge in [-0.1, -0.05) is 6.07 Å². The Bertz CT molecular complexity index is 489. The highest BCUT2D eigenvalue weighted by molar-refractivity contribution is 9.10. The van der Waals surface area contributed by atoms with Crippen LogP contribution in [0.1, 0.15) is 5.69 Å². The van der Waals surface area contributed by atoms with Crippen LogP contribution in [0.25, 0.3) is 5.65 Å². The summed E-state index contributed by atoms with van der Waals surface area (Å²) in [5, 5.41) is 0. The summed E-state index contributed by atoms with van der Waals surface area (Å²) >= 11 is 3.42. The van der Waals surface area contributed by atoms with E-state index in [9.17, 15) is 0 Å². The smallest absolute Gasteiger partial charge is 0.139 e. The Morgan fingerprint density at radius 2 is 2.20 bits per heavy atom. The molecule has 0 aliphatic rings. The largest absolute Gasteiger partial charge is 0.364 e. The molecule has 0 aliphatic heterocycles. The standard InChI is InChI=1S/C10H13BrN4/c1-14(2)9-5-3-4-8-13-10(11)7(6-12)15(8)9/h3-5H,6,12H2,1-2H3. The lowest BCUT2D eigenvalue weighted by atomic mass is 10.4. The van der Waals surface area contributed by atoms with Crippen LogP contribution < -0.4 is 10.6 Å². The second kappa shape index (κ2) is 3.83. The van der Waals surface area contributed by atoms with Crippen LogP contribution >= 0.6 is 15.9 Å². The summed E-state index contributed by atoms with van der Waals surface area (Å²) in [5.74, 6) is 1.08. The number of hydrogen-bond donors (Lipinski definition) is 1. The number of nitrogens with zero attached hydrogens (tertiary/aromatic N) is 3. The average molecular weight is 269 g/mol. The van der Waals surface area contributed by atoms with E-state index in [0.29, 0.717) is 6.54 Å². The molecule has 15 heavy (non-hydrogen) atoms. The van der Waals surface area contributed by atoms with Gasteiger partial charge in [0.25, 0.3) is 0 Å². The third-order valence-electron chi connectivity index (χ3n) is 2.32. The second-order valence-electron chi connectivity index (χ2n) is 3.53. The highest BCUT2D eigenvalue weighted by atomic mass is 79.9. The van der Waals surface area contributed by atoms with E-state index in [-0.39, 0.29) is 0 Å². The van der Waals surface area contributed by atoms with Crippen LogP contribution in [-0.2, 0) is 6.54 Å². The molecule has 2 heterocycles. The summed E-state index contributed by atoms with van der Waals surface area (Å²) in [7, 11) is 4.01. The Morgan fingerprint density at radius 3 is 2.80 bits per heavy atom. The third-order valence-corrected chi connectivity index (χ3v) is 2.96. The van der Waals surface area contributed by atoms with Gasteiger partial charge in [-0.05, 0) is 28.1 Å². The first kappa shape index (κ1) is 10.4. The molecule has 5 heteroatoms. The molecule has 0 amide bonds. The Kier molecular flexibility index (Phi) is 2.67. The minimum absolute atomic E-state index is 0.465. The van der Waals surface area contributed by atoms with Crippen LogP contribution in [0.5, 0.6) is 0 Å². The zero-order chi connectivity index (χ0) is 11.0. The van der Waals surface area contributed by atoms with Crippen LogP contribution in [0.3, 0.4) is 0 Å². The molecule has 0 aliphatic carbocycles. The maximum Gasteiger partial charge on any atom is 0.139 e. The molecule has 2 N–H and O–H groups in total. The van der Waals surface area contributed by atoms with Crippen LogP contribution in [0.4, 0.5) is 5.82 Å². The fraction of sp³-hybridized carbons (Fsp3) is 0.300. The summed E-state index contributed by atoms with van der Waals surface area (Å²) in [6, 6.07) is 6.00. The first-order chi connectivity index (χ1) is 7.15. The summed E-state index contributed by atoms with van der Waals surface area (Å²) < 4.78 is 2.88. The summed E-state index contributed by atoms with van der Waals surface area (Å²) in [6.45, 7) is 0.465. The molecule has 4 nitrogen and oxygen atoms in total. The molecule has 0 saturated heterocycles. The van der Waals surface area contributed by atoms with Gasteiger partial charge in [0.15, 0.2) is 0 Å². The van der Waals surface area contributed by atoms with E-state index in [0.717, 1.165) is 21.8 Å². The Hall–Kier alpha value is -1.07. The number of rotatable bonds is 2. The molecule has 0 saturated carbocycles. The molecule has 0 atom stereocenters. The van der Waals surface area contributed by atoms with Crippen molar-refractivity contribution in [1.29, 1.82) is 0 Å². The summed E-state index contributed by atoms with van der Waals surface area (Å²) in [5.41, 5.74) is 7.63. The van der Waals surface area contributed by atoms with Gasteiger partial charge in [-0.2, -0.15) is 0 Å². The van der Waals surface area contributed by atoms with Gasteiger partial charge < -0.3 is 10.6 Å². The van der Waals surface area contributed by atoms with Crippen molar-refractivity contribution in [3.8, 4) is 0 Å². The number of anilines is 1. The molecule has 0 spiro atoms. The molecule has 0 unspecified atom stereocenters. The van der Waals surface area contributed by atoms with Gasteiger partial charge in [-0.3, -0.25) is 4.40 Å². The third kappa shape index (κ3) is 1.61. The molecule has 2 aromatic rings. The van der Waals surface area contributed by atoms with Gasteiger partial charge in [0.2, 0.25) is 0 Å². The van der Waals surface area contributed by atoms with E-state index in [1.165, 1.54) is 0 Å². The van der Waals surface area contributed by atoms with Gasteiger partial charge in [-0.25, -0.2) is 4.98 Å². The Morgan fingerprint density at radius 1 is 1.47 bits per heavy atom. The average Bonchev–Trinajstić information content (AvgIpc) is 2.52. The van der Waals surface area contributed by atoms with Crippen molar-refractivity contribution in [2.75, 3.05) is 19.0 Å². The zero-order valence-corrected chi connectivity index (χ0v) is 10.3. The molecule has 0 bridgehead atoms. The van der Waals surface area contributed by atoms with Crippen molar-refractivity contribution >= 4 is 27.4 Å². The normalized spacial score (nSPS) is 10.9. The molecule has 2 aromatic heterocycles. The Balaban J connectivity index is 2.81. The zero-order valence-electron chi connectivity index (χ0n) is 8.74. The molecule has 0 fully saturated rings. The molecule has 80 valence electrons. The van der Waals surface area contributed by atoms with E-state index >= 15 is 0 Å². The van der Waals surface area contributed by atoms with Gasteiger partial charge in [-0.15, -0.1) is 0 Å². The number of aromatic nitrogens is 2. The van der Waals surface area contributed by atoms with Crippen molar-refractivity contribution in [2.45, 2.75) is 6.54 Å². The highest BCUT2D eigenvalue weighted by Crippen LogP contribution is 2.23. The maximum atomic E-state index is 5.72. The first-order valence-corrected chi connectivity index (χ1v) is 5.47. The van der Waals surface area contributed by atoms with Crippen molar-refractivity contribution in [3.63, 3.8) is 0 Å². The van der Waals surface area contributed by atoms with E-state index in [1.54, 1.807) is 0 Å². The van der Waals surface area contributed by atoms with E-state index < -0.39 is 0 Å². The number of imidazole rings is 1. The van der Waals surface area contributed by atoms with Crippen molar-refractivity contribution in [3.05, 3.63) is 28.5 Å². The highest BCUT2D eigenvalue weighted by Gasteiger charge is 2.11. The maximum absolute atomic E-state index is 5.72. The molecule has 0 aromatic carbocycles. The minimum atomic E-state index is 0.465. The predicted octanol–water partition coefficient (Wildman–Crippen LogP) is 1.62. The SMILES string of the molecule is CN(C)c1cccc2nc(Br)c(CN)n12. The monoisotopic (exact) mass is 268 g/mol. The number of halogens is 1. The van der Waals surface area contributed by atoms with E-state index in [4.69, 9.17) is 5.73 Å². The predicted molar refractivity (Wildman–Crippen MR) is 65.1 cm³/mol. The van der Waals surface area contributed by atoms with Gasteiger partial charge >= 0.3 is 0 Å². The van der Waals surface area contributed by atoms with E-state index in [2.05, 4.69) is 25.3 Å². The van der Waals surface area contributed by atoms with Crippen LogP contribution in [-0.4, -0.2) is 23.5 Å². The summed E-state index contributed by atoms with van der Waals surface area (Å²) in [4.78, 5) is 6.44. The fourth-order valence-corrected chi connectivity index (χ4v) is 2.15. The van der Waals surface area contributed by atoms with Crippen LogP contribution in [0.15, 0.2) is 22.8 Å². The molecule has 0 radical (unpaired) electrons. The Labute approximate surface area is 96.8 Å². The first-order valence-electron chi connectivity index (χ1n) is 4.68. The van der Waals surface area contributed by atoms with Crippen LogP contribution in [0.2, 0.25) is 0 Å². The number of fused-ring (bicyclic) bond motifs is 1. The fourth-order valence-electron chi connectivity index (χ4n) is 1.63. The molecule has 2 rings (SSSR count). The molecular weight excluding hydrogens is 256 g/mol. The van der Waals surface area contributed by atoms with Crippen molar-refractivity contribution in [1.82, 2.24) is 9.38 Å². The lowest BCUT2D eigenvalue weighted by molar-refractivity contribution is 0.923.